The summed E-state index contributed by atoms with van der Waals surface area (Å²) in [6, 6.07) is 7.75. The number of hydrogen-bond donors (Lipinski definition) is 2. The monoisotopic (exact) mass is 408 g/mol. The fraction of sp³-hybridized carbons (Fsp3) is 0.167. The lowest BCUT2D eigenvalue weighted by molar-refractivity contribution is 0.104. The van der Waals surface area contributed by atoms with E-state index in [4.69, 9.17) is 28.7 Å². The molecule has 0 aromatic heterocycles. The van der Waals surface area contributed by atoms with E-state index in [1.165, 1.54) is 38.5 Å². The molecule has 9 nitrogen and oxygen atoms in total. The lowest BCUT2D eigenvalue weighted by Gasteiger charge is -2.15. The molecular weight excluding hydrogens is 391 g/mol. The van der Waals surface area contributed by atoms with Crippen molar-refractivity contribution in [2.75, 3.05) is 21.0 Å². The van der Waals surface area contributed by atoms with Gasteiger partial charge in [0, 0.05) is 12.1 Å². The molecule has 0 saturated heterocycles. The van der Waals surface area contributed by atoms with Gasteiger partial charge < -0.3 is 23.5 Å². The van der Waals surface area contributed by atoms with Gasteiger partial charge >= 0.3 is 7.82 Å². The number of hydrogen-bond acceptors (Lipinski definition) is 7. The maximum atomic E-state index is 12.7. The van der Waals surface area contributed by atoms with Crippen LogP contribution in [0.3, 0.4) is 0 Å². The molecule has 28 heavy (non-hydrogen) atoms. The van der Waals surface area contributed by atoms with Gasteiger partial charge in [0.2, 0.25) is 6.79 Å². The largest absolute Gasteiger partial charge is 0.524 e. The molecular formula is C18H17O9P. The number of carbonyl (C=O) groups is 1. The minimum atomic E-state index is -4.92. The fourth-order valence-corrected chi connectivity index (χ4v) is 2.96. The van der Waals surface area contributed by atoms with Gasteiger partial charge in [0.05, 0.1) is 14.2 Å². The third kappa shape index (κ3) is 4.45. The van der Waals surface area contributed by atoms with Crippen molar-refractivity contribution in [1.29, 1.82) is 0 Å². The van der Waals surface area contributed by atoms with Crippen LogP contribution in [-0.4, -0.2) is 36.6 Å². The predicted octanol–water partition coefficient (Wildman–Crippen LogP) is 2.80. The second-order valence-corrected chi connectivity index (χ2v) is 6.76. The van der Waals surface area contributed by atoms with Crippen LogP contribution in [-0.2, 0) is 4.57 Å². The zero-order valence-corrected chi connectivity index (χ0v) is 15.8. The van der Waals surface area contributed by atoms with Crippen molar-refractivity contribution < 1.29 is 42.6 Å². The summed E-state index contributed by atoms with van der Waals surface area (Å²) in [6.07, 6.45) is 2.75. The summed E-state index contributed by atoms with van der Waals surface area (Å²) in [5, 5.41) is 0. The van der Waals surface area contributed by atoms with E-state index in [0.29, 0.717) is 17.1 Å². The molecule has 1 heterocycles. The van der Waals surface area contributed by atoms with Crippen LogP contribution in [0.1, 0.15) is 15.9 Å². The van der Waals surface area contributed by atoms with Gasteiger partial charge in [-0.3, -0.25) is 14.6 Å². The molecule has 0 spiro atoms. The zero-order chi connectivity index (χ0) is 20.3. The first-order valence-electron chi connectivity index (χ1n) is 7.94. The van der Waals surface area contributed by atoms with Gasteiger partial charge in [-0.1, -0.05) is 12.1 Å². The Morgan fingerprint density at radius 1 is 1.07 bits per heavy atom. The number of ketones is 1. The van der Waals surface area contributed by atoms with E-state index >= 15 is 0 Å². The molecule has 2 aromatic carbocycles. The first-order chi connectivity index (χ1) is 13.3. The third-order valence-corrected chi connectivity index (χ3v) is 4.22. The van der Waals surface area contributed by atoms with Crippen LogP contribution in [0, 0.1) is 0 Å². The molecule has 148 valence electrons. The molecule has 0 radical (unpaired) electrons. The van der Waals surface area contributed by atoms with Gasteiger partial charge in [-0.15, -0.1) is 0 Å². The molecule has 0 saturated carbocycles. The minimum absolute atomic E-state index is 0.0446. The van der Waals surface area contributed by atoms with Crippen molar-refractivity contribution in [2.45, 2.75) is 0 Å². The number of rotatable bonds is 7. The Balaban J connectivity index is 1.96. The Hall–Kier alpha value is -3.00. The molecule has 2 N–H and O–H groups in total. The summed E-state index contributed by atoms with van der Waals surface area (Å²) in [6.45, 7) is 0.132. The van der Waals surface area contributed by atoms with Crippen molar-refractivity contribution in [3.05, 3.63) is 47.5 Å². The molecule has 2 aromatic rings. The Morgan fingerprint density at radius 3 is 2.46 bits per heavy atom. The molecule has 0 amide bonds. The van der Waals surface area contributed by atoms with Gasteiger partial charge in [0.1, 0.15) is 22.8 Å². The summed E-state index contributed by atoms with van der Waals surface area (Å²) in [7, 11) is -2.25. The number of phosphoric ester groups is 1. The predicted molar refractivity (Wildman–Crippen MR) is 98.1 cm³/mol. The molecule has 10 heteroatoms. The number of benzene rings is 2. The standard InChI is InChI=1S/C18H17O9P/c1-23-12-8-16(24-2)18(17(9-12)27-28(20,21)22)13(19)5-3-11-4-6-14-15(7-11)26-10-25-14/h3-9H,10H2,1-2H3,(H2,20,21,22). The van der Waals surface area contributed by atoms with Gasteiger partial charge in [-0.2, -0.15) is 0 Å². The number of phosphoric acid groups is 1. The van der Waals surface area contributed by atoms with Crippen LogP contribution in [0.2, 0.25) is 0 Å². The number of allylic oxidation sites excluding steroid dienone is 1. The first kappa shape index (κ1) is 19.8. The topological polar surface area (TPSA) is 121 Å². The van der Waals surface area contributed by atoms with Crippen LogP contribution >= 0.6 is 7.82 Å². The Morgan fingerprint density at radius 2 is 1.79 bits per heavy atom. The van der Waals surface area contributed by atoms with Crippen molar-refractivity contribution in [3.8, 4) is 28.7 Å². The van der Waals surface area contributed by atoms with Crippen LogP contribution in [0.5, 0.6) is 28.7 Å². The Kier molecular flexibility index (Phi) is 5.60. The maximum Gasteiger partial charge on any atom is 0.524 e. The highest BCUT2D eigenvalue weighted by atomic mass is 31.2. The minimum Gasteiger partial charge on any atom is -0.496 e. The summed E-state index contributed by atoms with van der Waals surface area (Å²) in [5.41, 5.74) is 0.520. The van der Waals surface area contributed by atoms with Crippen LogP contribution in [0.4, 0.5) is 0 Å². The van der Waals surface area contributed by atoms with Crippen molar-refractivity contribution >= 4 is 19.7 Å². The summed E-state index contributed by atoms with van der Waals surface area (Å²) in [4.78, 5) is 31.0. The number of ether oxygens (including phenoxy) is 4. The highest BCUT2D eigenvalue weighted by molar-refractivity contribution is 7.46. The Bertz CT molecular complexity index is 977. The molecule has 3 rings (SSSR count). The average molecular weight is 408 g/mol. The van der Waals surface area contributed by atoms with E-state index in [2.05, 4.69) is 4.52 Å². The number of fused-ring (bicyclic) bond motifs is 1. The molecule has 0 bridgehead atoms. The highest BCUT2D eigenvalue weighted by Crippen LogP contribution is 2.44. The zero-order valence-electron chi connectivity index (χ0n) is 14.9. The van der Waals surface area contributed by atoms with Crippen molar-refractivity contribution in [2.24, 2.45) is 0 Å². The number of methoxy groups -OCH3 is 2. The van der Waals surface area contributed by atoms with E-state index in [9.17, 15) is 9.36 Å². The van der Waals surface area contributed by atoms with Crippen LogP contribution < -0.4 is 23.5 Å². The molecule has 1 aliphatic heterocycles. The average Bonchev–Trinajstić information content (AvgIpc) is 3.11. The molecule has 0 unspecified atom stereocenters. The molecule has 1 aliphatic rings. The van der Waals surface area contributed by atoms with E-state index in [1.54, 1.807) is 18.2 Å². The second-order valence-electron chi connectivity index (χ2n) is 5.59. The third-order valence-electron chi connectivity index (χ3n) is 3.78. The second kappa shape index (κ2) is 7.93. The van der Waals surface area contributed by atoms with E-state index in [0.717, 1.165) is 0 Å². The van der Waals surface area contributed by atoms with E-state index < -0.39 is 13.6 Å². The maximum absolute atomic E-state index is 12.7. The normalized spacial score (nSPS) is 12.9. The van der Waals surface area contributed by atoms with Crippen LogP contribution in [0.25, 0.3) is 6.08 Å². The van der Waals surface area contributed by atoms with Gasteiger partial charge in [-0.25, -0.2) is 4.57 Å². The van der Waals surface area contributed by atoms with E-state index in [1.807, 2.05) is 0 Å². The van der Waals surface area contributed by atoms with E-state index in [-0.39, 0.29) is 29.6 Å². The van der Waals surface area contributed by atoms with Gasteiger partial charge in [0.15, 0.2) is 17.3 Å². The van der Waals surface area contributed by atoms with Gasteiger partial charge in [0.25, 0.3) is 0 Å². The molecule has 0 fully saturated rings. The van der Waals surface area contributed by atoms with Gasteiger partial charge in [-0.05, 0) is 23.8 Å². The molecule has 0 atom stereocenters. The number of carbonyl (C=O) groups excluding carboxylic acids is 1. The smallest absolute Gasteiger partial charge is 0.496 e. The summed E-state index contributed by atoms with van der Waals surface area (Å²) < 4.78 is 36.7. The SMILES string of the molecule is COc1cc(OC)c(C(=O)C=Cc2ccc3c(c2)OCO3)c(OP(=O)(O)O)c1. The quantitative estimate of drug-likeness (QED) is 0.405. The lowest BCUT2D eigenvalue weighted by Crippen LogP contribution is -2.04. The first-order valence-corrected chi connectivity index (χ1v) is 9.47. The summed E-state index contributed by atoms with van der Waals surface area (Å²) in [5.74, 6) is 0.477. The highest BCUT2D eigenvalue weighted by Gasteiger charge is 2.25. The van der Waals surface area contributed by atoms with Crippen molar-refractivity contribution in [3.63, 3.8) is 0 Å². The fourth-order valence-electron chi connectivity index (χ4n) is 2.56. The molecule has 0 aliphatic carbocycles. The summed E-state index contributed by atoms with van der Waals surface area (Å²) >= 11 is 0. The van der Waals surface area contributed by atoms with Crippen LogP contribution in [0.15, 0.2) is 36.4 Å². The Labute approximate surface area is 160 Å². The lowest BCUT2D eigenvalue weighted by atomic mass is 10.1. The van der Waals surface area contributed by atoms with Crippen molar-refractivity contribution in [1.82, 2.24) is 0 Å².